The third-order valence-electron chi connectivity index (χ3n) is 10.4. The molecule has 1 N–H and O–H groups in total. The first-order valence-electron chi connectivity index (χ1n) is 13.7. The zero-order valence-corrected chi connectivity index (χ0v) is 23.3. The zero-order valence-electron chi connectivity index (χ0n) is 22.5. The summed E-state index contributed by atoms with van der Waals surface area (Å²) in [4.78, 5) is 68.7. The molecule has 0 aromatic rings. The highest BCUT2D eigenvalue weighted by atomic mass is 32.2. The fraction of sp³-hybridized carbons (Fsp3) is 0.643. The standard InChI is InChI=1S/C10H12O5.C10H10O4.C8H7NO2S/c1-13-9(11)7-5-3-4-6(15-5)8(7)10(12)14-2;1-9-4-2-3-5(13-4)10(9)6(9)7(11)14-8(10)12;10-7-5-3-1-2-4(12-3)6(5)8(11)9-7/h3-8H,1-2H3;4-6H,2-3H2,1H3;1-6H,(H,9,10,11). The first-order chi connectivity index (χ1) is 19.6. The minimum absolute atomic E-state index is 0.0542. The maximum Gasteiger partial charge on any atom is 0.323 e. The van der Waals surface area contributed by atoms with E-state index in [0.717, 1.165) is 12.8 Å². The van der Waals surface area contributed by atoms with Gasteiger partial charge in [0.05, 0.1) is 56.4 Å². The molecule has 1 spiro atoms. The predicted molar refractivity (Wildman–Crippen MR) is 136 cm³/mol. The van der Waals surface area contributed by atoms with Crippen LogP contribution < -0.4 is 5.32 Å². The summed E-state index contributed by atoms with van der Waals surface area (Å²) in [6.07, 6.45) is 8.90. The number of hydrogen-bond donors (Lipinski definition) is 1. The topological polar surface area (TPSA) is 161 Å². The molecule has 6 bridgehead atoms. The van der Waals surface area contributed by atoms with Gasteiger partial charge in [-0.15, -0.1) is 11.8 Å². The van der Waals surface area contributed by atoms with Crippen LogP contribution in [-0.2, 0) is 52.5 Å². The van der Waals surface area contributed by atoms with Crippen LogP contribution in [0.15, 0.2) is 24.3 Å². The van der Waals surface area contributed by atoms with E-state index in [-0.39, 0.29) is 81.8 Å². The summed E-state index contributed by atoms with van der Waals surface area (Å²) in [6.45, 7) is 2.00. The van der Waals surface area contributed by atoms with Crippen molar-refractivity contribution in [2.24, 2.45) is 40.4 Å². The van der Waals surface area contributed by atoms with Gasteiger partial charge in [0.1, 0.15) is 17.3 Å². The molecule has 6 saturated heterocycles. The Hall–Kier alpha value is -3.03. The summed E-state index contributed by atoms with van der Waals surface area (Å²) in [5.41, 5.74) is -0.810. The average Bonchev–Trinajstić information content (AvgIpc) is 3.76. The summed E-state index contributed by atoms with van der Waals surface area (Å²) in [7, 11) is 2.60. The van der Waals surface area contributed by atoms with Crippen LogP contribution in [0.5, 0.6) is 0 Å². The predicted octanol–water partition coefficient (Wildman–Crippen LogP) is 0.0845. The average molecular weight is 588 g/mol. The number of fused-ring (bicyclic) bond motifs is 11. The van der Waals surface area contributed by atoms with Crippen molar-refractivity contribution in [1.29, 1.82) is 0 Å². The van der Waals surface area contributed by atoms with Gasteiger partial charge in [-0.25, -0.2) is 0 Å². The van der Waals surface area contributed by atoms with Gasteiger partial charge in [0.15, 0.2) is 0 Å². The van der Waals surface area contributed by atoms with Crippen molar-refractivity contribution in [2.45, 2.75) is 54.7 Å². The van der Waals surface area contributed by atoms with Gasteiger partial charge in [0.2, 0.25) is 11.8 Å². The van der Waals surface area contributed by atoms with E-state index in [1.807, 2.05) is 6.92 Å². The van der Waals surface area contributed by atoms with Gasteiger partial charge >= 0.3 is 23.9 Å². The maximum atomic E-state index is 11.7. The van der Waals surface area contributed by atoms with Crippen molar-refractivity contribution in [3.63, 3.8) is 0 Å². The monoisotopic (exact) mass is 587 g/mol. The van der Waals surface area contributed by atoms with Gasteiger partial charge in [-0.1, -0.05) is 31.2 Å². The number of ether oxygens (including phenoxy) is 5. The second-order valence-corrected chi connectivity index (χ2v) is 13.2. The van der Waals surface area contributed by atoms with Gasteiger partial charge in [-0.2, -0.15) is 0 Å². The van der Waals surface area contributed by atoms with Crippen LogP contribution in [-0.4, -0.2) is 84.8 Å². The summed E-state index contributed by atoms with van der Waals surface area (Å²) in [6, 6.07) is 0. The van der Waals surface area contributed by atoms with Gasteiger partial charge in [-0.05, 0) is 12.8 Å². The van der Waals surface area contributed by atoms with Crippen LogP contribution in [0.4, 0.5) is 0 Å². The molecule has 8 heterocycles. The number of imide groups is 1. The number of rotatable bonds is 2. The molecule has 12 nitrogen and oxygen atoms in total. The molecule has 41 heavy (non-hydrogen) atoms. The minimum atomic E-state index is -0.576. The molecule has 2 amide bonds. The second kappa shape index (κ2) is 8.98. The number of amides is 2. The molecule has 9 rings (SSSR count). The van der Waals surface area contributed by atoms with E-state index in [1.165, 1.54) is 14.2 Å². The number of carbonyl (C=O) groups excluding carboxylic acids is 6. The molecule has 13 atom stereocenters. The van der Waals surface area contributed by atoms with Crippen molar-refractivity contribution < 1.29 is 52.5 Å². The van der Waals surface area contributed by atoms with Crippen molar-refractivity contribution in [1.82, 2.24) is 5.32 Å². The SMILES string of the molecule is CC12C3CCC(O3)C13C(=O)OC(=O)C23.COC(=O)C1C2C=CC(O2)C1C(=O)OC.O=C1NC(=O)C2C3C=CC(S3)C12. The zero-order chi connectivity index (χ0) is 29.0. The molecular formula is C28H29NO11S. The molecule has 7 fully saturated rings. The Kier molecular flexibility index (Phi) is 5.88. The molecular weight excluding hydrogens is 558 g/mol. The second-order valence-electron chi connectivity index (χ2n) is 11.9. The Labute approximate surface area is 238 Å². The summed E-state index contributed by atoms with van der Waals surface area (Å²) >= 11 is 1.74. The fourth-order valence-corrected chi connectivity index (χ4v) is 10.2. The third kappa shape index (κ3) is 3.30. The van der Waals surface area contributed by atoms with Crippen LogP contribution in [0.3, 0.4) is 0 Å². The quantitative estimate of drug-likeness (QED) is 0.153. The van der Waals surface area contributed by atoms with E-state index in [0.29, 0.717) is 0 Å². The molecule has 1 aliphatic carbocycles. The Bertz CT molecular complexity index is 1290. The number of carbonyl (C=O) groups is 6. The van der Waals surface area contributed by atoms with Gasteiger partial charge in [0, 0.05) is 15.9 Å². The van der Waals surface area contributed by atoms with Crippen molar-refractivity contribution in [2.75, 3.05) is 14.2 Å². The molecule has 8 aliphatic heterocycles. The van der Waals surface area contributed by atoms with E-state index in [9.17, 15) is 28.8 Å². The number of esters is 4. The van der Waals surface area contributed by atoms with E-state index < -0.39 is 29.2 Å². The van der Waals surface area contributed by atoms with Crippen LogP contribution in [0.25, 0.3) is 0 Å². The number of hydrogen-bond acceptors (Lipinski definition) is 12. The fourth-order valence-electron chi connectivity index (χ4n) is 8.57. The number of thioether (sulfide) groups is 1. The lowest BCUT2D eigenvalue weighted by Crippen LogP contribution is -2.37. The highest BCUT2D eigenvalue weighted by molar-refractivity contribution is 8.01. The Morgan fingerprint density at radius 1 is 0.854 bits per heavy atom. The first kappa shape index (κ1) is 26.8. The number of nitrogens with one attached hydrogen (secondary N) is 1. The summed E-state index contributed by atoms with van der Waals surface area (Å²) in [5, 5.41) is 2.90. The van der Waals surface area contributed by atoms with Crippen molar-refractivity contribution >= 4 is 47.5 Å². The van der Waals surface area contributed by atoms with Gasteiger partial charge < -0.3 is 23.7 Å². The molecule has 218 valence electrons. The molecule has 0 aromatic carbocycles. The van der Waals surface area contributed by atoms with E-state index in [2.05, 4.69) is 31.7 Å². The smallest absolute Gasteiger partial charge is 0.323 e. The minimum Gasteiger partial charge on any atom is -0.469 e. The van der Waals surface area contributed by atoms with Crippen LogP contribution in [0.1, 0.15) is 19.8 Å². The molecule has 0 radical (unpaired) electrons. The number of methoxy groups -OCH3 is 2. The third-order valence-corrected chi connectivity index (χ3v) is 12.0. The molecule has 1 saturated carbocycles. The highest BCUT2D eigenvalue weighted by Crippen LogP contribution is 2.83. The van der Waals surface area contributed by atoms with Crippen LogP contribution in [0.2, 0.25) is 0 Å². The van der Waals surface area contributed by atoms with Gasteiger partial charge in [0.25, 0.3) is 0 Å². The highest BCUT2D eigenvalue weighted by Gasteiger charge is 2.95. The molecule has 13 heteroatoms. The van der Waals surface area contributed by atoms with E-state index >= 15 is 0 Å². The van der Waals surface area contributed by atoms with Gasteiger partial charge in [-0.3, -0.25) is 34.1 Å². The van der Waals surface area contributed by atoms with Crippen LogP contribution >= 0.6 is 11.8 Å². The Morgan fingerprint density at radius 2 is 1.39 bits per heavy atom. The summed E-state index contributed by atoms with van der Waals surface area (Å²) in [5.74, 6) is -3.15. The Morgan fingerprint density at radius 3 is 1.90 bits per heavy atom. The summed E-state index contributed by atoms with van der Waals surface area (Å²) < 4.78 is 25.1. The van der Waals surface area contributed by atoms with Crippen molar-refractivity contribution in [3.05, 3.63) is 24.3 Å². The Balaban J connectivity index is 0.000000102. The number of cyclic esters (lactones) is 2. The normalized spacial score (nSPS) is 48.9. The molecule has 0 aromatic heterocycles. The lowest BCUT2D eigenvalue weighted by Gasteiger charge is -2.20. The van der Waals surface area contributed by atoms with E-state index in [4.69, 9.17) is 9.47 Å². The van der Waals surface area contributed by atoms with Crippen LogP contribution in [0, 0.1) is 40.4 Å². The first-order valence-corrected chi connectivity index (χ1v) is 14.6. The largest absolute Gasteiger partial charge is 0.469 e. The maximum absolute atomic E-state index is 11.7. The lowest BCUT2D eigenvalue weighted by molar-refractivity contribution is -0.160. The van der Waals surface area contributed by atoms with Crippen molar-refractivity contribution in [3.8, 4) is 0 Å². The molecule has 13 unspecified atom stereocenters. The molecule has 9 aliphatic rings. The lowest BCUT2D eigenvalue weighted by atomic mass is 9.80. The van der Waals surface area contributed by atoms with E-state index in [1.54, 1.807) is 23.9 Å².